The van der Waals surface area contributed by atoms with Crippen molar-refractivity contribution in [2.24, 2.45) is 0 Å². The highest BCUT2D eigenvalue weighted by molar-refractivity contribution is 5.76. The van der Waals surface area contributed by atoms with Crippen molar-refractivity contribution >= 4 is 5.91 Å². The van der Waals surface area contributed by atoms with Crippen LogP contribution in [0.25, 0.3) is 11.4 Å². The number of aryl methyl sites for hydroxylation is 1. The summed E-state index contributed by atoms with van der Waals surface area (Å²) in [7, 11) is 1.66. The monoisotopic (exact) mass is 491 g/mol. The fourth-order valence-electron chi connectivity index (χ4n) is 4.13. The minimum Gasteiger partial charge on any atom is -0.497 e. The number of benzene rings is 2. The lowest BCUT2D eigenvalue weighted by Gasteiger charge is -2.34. The van der Waals surface area contributed by atoms with Crippen LogP contribution in [0.3, 0.4) is 0 Å². The van der Waals surface area contributed by atoms with Gasteiger partial charge in [0.05, 0.1) is 13.7 Å². The molecule has 1 aliphatic rings. The molecule has 3 aromatic rings. The lowest BCUT2D eigenvalue weighted by atomic mass is 10.1. The third-order valence-corrected chi connectivity index (χ3v) is 6.21. The van der Waals surface area contributed by atoms with Crippen LogP contribution >= 0.6 is 0 Å². The Kier molecular flexibility index (Phi) is 8.67. The Labute approximate surface area is 211 Å². The van der Waals surface area contributed by atoms with Crippen LogP contribution in [-0.4, -0.2) is 70.8 Å². The molecule has 1 fully saturated rings. The SMILES string of the molecule is CCCOc1cccc(-c2nnc(CCC(=O)N3CCN(Cc4ccc(OC)cc4)CC3)c(=O)[nH]2)c1. The summed E-state index contributed by atoms with van der Waals surface area (Å²) in [5.74, 6) is 1.98. The van der Waals surface area contributed by atoms with E-state index >= 15 is 0 Å². The van der Waals surface area contributed by atoms with Gasteiger partial charge in [-0.15, -0.1) is 10.2 Å². The van der Waals surface area contributed by atoms with Gasteiger partial charge >= 0.3 is 0 Å². The molecule has 0 spiro atoms. The standard InChI is InChI=1S/C27H33N5O4/c1-3-17-36-23-6-4-5-21(18-23)26-28-27(34)24(29-30-26)11-12-25(33)32-15-13-31(14-16-32)19-20-7-9-22(35-2)10-8-20/h4-10,18H,3,11-17,19H2,1-2H3,(H,28,30,34). The van der Waals surface area contributed by atoms with E-state index < -0.39 is 0 Å². The van der Waals surface area contributed by atoms with E-state index in [4.69, 9.17) is 9.47 Å². The molecule has 1 saturated heterocycles. The number of hydrogen-bond acceptors (Lipinski definition) is 7. The fourth-order valence-corrected chi connectivity index (χ4v) is 4.13. The summed E-state index contributed by atoms with van der Waals surface area (Å²) in [5.41, 5.74) is 1.89. The number of aromatic nitrogens is 3. The second-order valence-corrected chi connectivity index (χ2v) is 8.83. The minimum absolute atomic E-state index is 0.0325. The average molecular weight is 492 g/mol. The fraction of sp³-hybridized carbons (Fsp3) is 0.407. The molecule has 0 radical (unpaired) electrons. The lowest BCUT2D eigenvalue weighted by Crippen LogP contribution is -2.48. The molecule has 0 saturated carbocycles. The maximum absolute atomic E-state index is 12.7. The maximum atomic E-state index is 12.7. The van der Waals surface area contributed by atoms with Gasteiger partial charge in [0.15, 0.2) is 5.82 Å². The number of piperazine rings is 1. The summed E-state index contributed by atoms with van der Waals surface area (Å²) in [6, 6.07) is 15.4. The Balaban J connectivity index is 1.26. The number of methoxy groups -OCH3 is 1. The summed E-state index contributed by atoms with van der Waals surface area (Å²) in [6.07, 6.45) is 1.40. The van der Waals surface area contributed by atoms with Crippen molar-refractivity contribution in [1.29, 1.82) is 0 Å². The van der Waals surface area contributed by atoms with E-state index in [0.29, 0.717) is 25.5 Å². The van der Waals surface area contributed by atoms with Gasteiger partial charge < -0.3 is 19.4 Å². The van der Waals surface area contributed by atoms with Crippen molar-refractivity contribution in [3.63, 3.8) is 0 Å². The second-order valence-electron chi connectivity index (χ2n) is 8.83. The summed E-state index contributed by atoms with van der Waals surface area (Å²) in [6.45, 7) is 6.48. The molecule has 0 aliphatic carbocycles. The molecule has 1 amide bonds. The zero-order valence-corrected chi connectivity index (χ0v) is 20.9. The molecule has 4 rings (SSSR count). The van der Waals surface area contributed by atoms with Crippen LogP contribution < -0.4 is 15.0 Å². The first-order valence-corrected chi connectivity index (χ1v) is 12.4. The molecular weight excluding hydrogens is 458 g/mol. The summed E-state index contributed by atoms with van der Waals surface area (Å²) < 4.78 is 10.9. The van der Waals surface area contributed by atoms with Crippen LogP contribution in [0.1, 0.15) is 31.0 Å². The van der Waals surface area contributed by atoms with Crippen molar-refractivity contribution < 1.29 is 14.3 Å². The number of carbonyl (C=O) groups is 1. The zero-order chi connectivity index (χ0) is 25.3. The van der Waals surface area contributed by atoms with Crippen molar-refractivity contribution in [2.45, 2.75) is 32.7 Å². The molecule has 1 N–H and O–H groups in total. The summed E-state index contributed by atoms with van der Waals surface area (Å²) in [5, 5.41) is 8.29. The quantitative estimate of drug-likeness (QED) is 0.465. The van der Waals surface area contributed by atoms with Crippen LogP contribution in [-0.2, 0) is 17.8 Å². The molecule has 1 aliphatic heterocycles. The van der Waals surface area contributed by atoms with Crippen LogP contribution in [0, 0.1) is 0 Å². The zero-order valence-electron chi connectivity index (χ0n) is 20.9. The molecule has 2 heterocycles. The first-order valence-electron chi connectivity index (χ1n) is 12.4. The number of amides is 1. The number of nitrogens with one attached hydrogen (secondary N) is 1. The molecule has 9 nitrogen and oxygen atoms in total. The highest BCUT2D eigenvalue weighted by Crippen LogP contribution is 2.20. The van der Waals surface area contributed by atoms with Crippen LogP contribution in [0.5, 0.6) is 11.5 Å². The molecule has 0 bridgehead atoms. The topological polar surface area (TPSA) is 101 Å². The third kappa shape index (κ3) is 6.69. The molecule has 2 aromatic carbocycles. The predicted molar refractivity (Wildman–Crippen MR) is 137 cm³/mol. The Morgan fingerprint density at radius 1 is 1.03 bits per heavy atom. The van der Waals surface area contributed by atoms with E-state index in [1.165, 1.54) is 5.56 Å². The van der Waals surface area contributed by atoms with Crippen LogP contribution in [0.2, 0.25) is 0 Å². The number of hydrogen-bond donors (Lipinski definition) is 1. The van der Waals surface area contributed by atoms with Crippen molar-refractivity contribution in [1.82, 2.24) is 25.0 Å². The molecule has 0 atom stereocenters. The molecule has 190 valence electrons. The van der Waals surface area contributed by atoms with Crippen molar-refractivity contribution in [2.75, 3.05) is 39.9 Å². The lowest BCUT2D eigenvalue weighted by molar-refractivity contribution is -0.133. The van der Waals surface area contributed by atoms with Crippen molar-refractivity contribution in [3.05, 3.63) is 70.1 Å². The highest BCUT2D eigenvalue weighted by Gasteiger charge is 2.21. The first-order chi connectivity index (χ1) is 17.6. The molecular formula is C27H33N5O4. The van der Waals surface area contributed by atoms with Gasteiger partial charge in [-0.2, -0.15) is 0 Å². The van der Waals surface area contributed by atoms with E-state index in [1.54, 1.807) is 7.11 Å². The Morgan fingerprint density at radius 2 is 1.81 bits per heavy atom. The number of ether oxygens (including phenoxy) is 2. The first kappa shape index (κ1) is 25.4. The van der Waals surface area contributed by atoms with Crippen molar-refractivity contribution in [3.8, 4) is 22.9 Å². The maximum Gasteiger partial charge on any atom is 0.273 e. The normalized spacial score (nSPS) is 14.0. The largest absolute Gasteiger partial charge is 0.497 e. The van der Waals surface area contributed by atoms with E-state index in [9.17, 15) is 9.59 Å². The molecule has 36 heavy (non-hydrogen) atoms. The van der Waals surface area contributed by atoms with Crippen LogP contribution in [0.4, 0.5) is 0 Å². The van der Waals surface area contributed by atoms with Gasteiger partial charge in [0.1, 0.15) is 17.2 Å². The van der Waals surface area contributed by atoms with E-state index in [1.807, 2.05) is 48.2 Å². The van der Waals surface area contributed by atoms with Gasteiger partial charge in [-0.05, 0) is 36.2 Å². The number of aromatic amines is 1. The summed E-state index contributed by atoms with van der Waals surface area (Å²) in [4.78, 5) is 32.3. The van der Waals surface area contributed by atoms with Crippen LogP contribution in [0.15, 0.2) is 53.3 Å². The summed E-state index contributed by atoms with van der Waals surface area (Å²) >= 11 is 0. The molecule has 1 aromatic heterocycles. The Bertz CT molecular complexity index is 1200. The van der Waals surface area contributed by atoms with Gasteiger partial charge in [-0.25, -0.2) is 0 Å². The molecule has 0 unspecified atom stereocenters. The number of rotatable bonds is 10. The second kappa shape index (κ2) is 12.3. The Hall–Kier alpha value is -3.72. The minimum atomic E-state index is -0.322. The average Bonchev–Trinajstić information content (AvgIpc) is 2.92. The third-order valence-electron chi connectivity index (χ3n) is 6.21. The molecule has 9 heteroatoms. The number of nitrogens with zero attached hydrogens (tertiary/aromatic N) is 4. The van der Waals surface area contributed by atoms with E-state index in [-0.39, 0.29) is 30.0 Å². The Morgan fingerprint density at radius 3 is 2.50 bits per heavy atom. The van der Waals surface area contributed by atoms with Gasteiger partial charge in [0, 0.05) is 51.1 Å². The highest BCUT2D eigenvalue weighted by atomic mass is 16.5. The van der Waals surface area contributed by atoms with Gasteiger partial charge in [-0.3, -0.25) is 14.5 Å². The van der Waals surface area contributed by atoms with Gasteiger partial charge in [-0.1, -0.05) is 31.2 Å². The number of H-pyrrole nitrogens is 1. The number of carbonyl (C=O) groups excluding carboxylic acids is 1. The van der Waals surface area contributed by atoms with E-state index in [0.717, 1.165) is 43.1 Å². The predicted octanol–water partition coefficient (Wildman–Crippen LogP) is 2.91. The van der Waals surface area contributed by atoms with E-state index in [2.05, 4.69) is 32.2 Å². The smallest absolute Gasteiger partial charge is 0.273 e. The van der Waals surface area contributed by atoms with Gasteiger partial charge in [0.2, 0.25) is 5.91 Å². The van der Waals surface area contributed by atoms with Gasteiger partial charge in [0.25, 0.3) is 5.56 Å².